The zero-order chi connectivity index (χ0) is 17.9. The van der Waals surface area contributed by atoms with Crippen molar-refractivity contribution in [2.75, 3.05) is 18.7 Å². The quantitative estimate of drug-likeness (QED) is 0.720. The number of pyridine rings is 1. The molecule has 1 aromatic carbocycles. The van der Waals surface area contributed by atoms with Gasteiger partial charge < -0.3 is 9.26 Å². The molecule has 0 fully saturated rings. The smallest absolute Gasteiger partial charge is 0.277 e. The fraction of sp³-hybridized carbons (Fsp3) is 0.118. The van der Waals surface area contributed by atoms with Crippen molar-refractivity contribution in [1.82, 2.24) is 26.1 Å². The number of halogens is 1. The zero-order valence-electron chi connectivity index (χ0n) is 13.8. The Kier molecular flexibility index (Phi) is 4.30. The van der Waals surface area contributed by atoms with Crippen molar-refractivity contribution in [3.05, 3.63) is 66.2 Å². The maximum atomic E-state index is 14.2. The number of hydrogen-bond acceptors (Lipinski definition) is 8. The lowest BCUT2D eigenvalue weighted by atomic mass is 10.2. The molecule has 1 aliphatic rings. The average molecular weight is 354 g/mol. The van der Waals surface area contributed by atoms with Gasteiger partial charge >= 0.3 is 0 Å². The summed E-state index contributed by atoms with van der Waals surface area (Å²) in [7, 11) is 1.55. The van der Waals surface area contributed by atoms with Crippen LogP contribution in [0.1, 0.15) is 5.89 Å². The molecule has 0 atom stereocenters. The summed E-state index contributed by atoms with van der Waals surface area (Å²) in [6, 6.07) is 9.97. The number of para-hydroxylation sites is 1. The van der Waals surface area contributed by atoms with Gasteiger partial charge in [-0.2, -0.15) is 4.98 Å². The molecule has 0 aliphatic carbocycles. The summed E-state index contributed by atoms with van der Waals surface area (Å²) in [5.74, 6) is 0.313. The number of hydrogen-bond donors (Lipinski definition) is 2. The highest BCUT2D eigenvalue weighted by atomic mass is 19.1. The fourth-order valence-corrected chi connectivity index (χ4v) is 2.60. The first-order valence-corrected chi connectivity index (χ1v) is 7.81. The monoisotopic (exact) mass is 354 g/mol. The van der Waals surface area contributed by atoms with E-state index in [2.05, 4.69) is 26.1 Å². The van der Waals surface area contributed by atoms with E-state index in [9.17, 15) is 4.39 Å². The van der Waals surface area contributed by atoms with Crippen LogP contribution in [0.2, 0.25) is 0 Å². The van der Waals surface area contributed by atoms with Crippen LogP contribution in [0.25, 0.3) is 17.1 Å². The first kappa shape index (κ1) is 16.2. The molecule has 0 saturated carbocycles. The van der Waals surface area contributed by atoms with Gasteiger partial charge in [-0.1, -0.05) is 17.3 Å². The molecular formula is C17H15FN6O2. The summed E-state index contributed by atoms with van der Waals surface area (Å²) < 4.78 is 24.8. The third-order valence-electron chi connectivity index (χ3n) is 3.80. The molecule has 0 spiro atoms. The van der Waals surface area contributed by atoms with E-state index in [1.54, 1.807) is 54.8 Å². The number of ether oxygens (including phenoxy) is 1. The van der Waals surface area contributed by atoms with Crippen molar-refractivity contribution < 1.29 is 13.7 Å². The molecule has 132 valence electrons. The molecule has 3 aromatic rings. The maximum Gasteiger partial charge on any atom is 0.277 e. The molecule has 4 rings (SSSR count). The standard InChI is InChI=1S/C17H15FN6O2/c1-25-10-14-15(21-23-24(14)13-5-3-2-4-12(13)18)17-20-16(22-26-17)11-6-8-19-9-7-11/h2-9,21,23H,10H2,1H3. The Morgan fingerprint density at radius 2 is 2.00 bits per heavy atom. The number of benzene rings is 1. The van der Waals surface area contributed by atoms with E-state index in [4.69, 9.17) is 9.26 Å². The molecule has 3 heterocycles. The molecule has 0 radical (unpaired) electrons. The van der Waals surface area contributed by atoms with Crippen LogP contribution in [0.5, 0.6) is 0 Å². The van der Waals surface area contributed by atoms with Crippen molar-refractivity contribution in [1.29, 1.82) is 0 Å². The van der Waals surface area contributed by atoms with E-state index in [-0.39, 0.29) is 18.3 Å². The normalized spacial score (nSPS) is 14.0. The first-order valence-electron chi connectivity index (χ1n) is 7.81. The molecule has 1 aliphatic heterocycles. The highest BCUT2D eigenvalue weighted by molar-refractivity contribution is 5.71. The highest BCUT2D eigenvalue weighted by Crippen LogP contribution is 2.29. The lowest BCUT2D eigenvalue weighted by Gasteiger charge is -2.20. The fourth-order valence-electron chi connectivity index (χ4n) is 2.60. The number of nitrogens with zero attached hydrogens (tertiary/aromatic N) is 4. The lowest BCUT2D eigenvalue weighted by Crippen LogP contribution is -2.39. The number of rotatable bonds is 5. The third kappa shape index (κ3) is 2.89. The Morgan fingerprint density at radius 3 is 2.77 bits per heavy atom. The second-order valence-corrected chi connectivity index (χ2v) is 5.44. The third-order valence-corrected chi connectivity index (χ3v) is 3.80. The Labute approximate surface area is 148 Å². The lowest BCUT2D eigenvalue weighted by molar-refractivity contribution is 0.223. The predicted molar refractivity (Wildman–Crippen MR) is 91.5 cm³/mol. The van der Waals surface area contributed by atoms with Crippen LogP contribution in [0.4, 0.5) is 10.1 Å². The van der Waals surface area contributed by atoms with Gasteiger partial charge in [0.15, 0.2) is 0 Å². The van der Waals surface area contributed by atoms with Gasteiger partial charge in [-0.25, -0.2) is 4.39 Å². The van der Waals surface area contributed by atoms with Crippen LogP contribution in [-0.2, 0) is 4.74 Å². The maximum absolute atomic E-state index is 14.2. The highest BCUT2D eigenvalue weighted by Gasteiger charge is 2.29. The minimum atomic E-state index is -0.375. The van der Waals surface area contributed by atoms with Crippen LogP contribution in [0.15, 0.2) is 59.0 Å². The van der Waals surface area contributed by atoms with E-state index < -0.39 is 0 Å². The first-order chi connectivity index (χ1) is 12.8. The van der Waals surface area contributed by atoms with Gasteiger partial charge in [0.25, 0.3) is 5.89 Å². The summed E-state index contributed by atoms with van der Waals surface area (Å²) in [6.07, 6.45) is 3.30. The van der Waals surface area contributed by atoms with Gasteiger partial charge in [0.1, 0.15) is 11.5 Å². The molecule has 26 heavy (non-hydrogen) atoms. The Bertz CT molecular complexity index is 943. The SMILES string of the molecule is COCC1=C(c2nc(-c3ccncc3)no2)NNN1c1ccccc1F. The van der Waals surface area contributed by atoms with Crippen molar-refractivity contribution in [2.24, 2.45) is 0 Å². The van der Waals surface area contributed by atoms with E-state index in [0.29, 0.717) is 22.9 Å². The van der Waals surface area contributed by atoms with Gasteiger partial charge in [-0.15, -0.1) is 5.53 Å². The van der Waals surface area contributed by atoms with Crippen LogP contribution >= 0.6 is 0 Å². The topological polar surface area (TPSA) is 88.3 Å². The predicted octanol–water partition coefficient (Wildman–Crippen LogP) is 2.12. The van der Waals surface area contributed by atoms with Crippen molar-refractivity contribution >= 4 is 11.4 Å². The van der Waals surface area contributed by atoms with E-state index >= 15 is 0 Å². The van der Waals surface area contributed by atoms with Gasteiger partial charge in [-0.3, -0.25) is 15.4 Å². The summed E-state index contributed by atoms with van der Waals surface area (Å²) in [5.41, 5.74) is 8.10. The van der Waals surface area contributed by atoms with Crippen LogP contribution in [-0.4, -0.2) is 28.8 Å². The van der Waals surface area contributed by atoms with Gasteiger partial charge in [-0.05, 0) is 24.3 Å². The minimum absolute atomic E-state index is 0.205. The second-order valence-electron chi connectivity index (χ2n) is 5.44. The Hall–Kier alpha value is -3.30. The molecule has 2 aromatic heterocycles. The van der Waals surface area contributed by atoms with Crippen LogP contribution in [0, 0.1) is 5.82 Å². The Balaban J connectivity index is 1.72. The van der Waals surface area contributed by atoms with Crippen molar-refractivity contribution in [3.63, 3.8) is 0 Å². The molecule has 0 bridgehead atoms. The molecule has 2 N–H and O–H groups in total. The van der Waals surface area contributed by atoms with Gasteiger partial charge in [0.05, 0.1) is 18.0 Å². The molecule has 0 unspecified atom stereocenters. The van der Waals surface area contributed by atoms with E-state index in [0.717, 1.165) is 5.56 Å². The summed E-state index contributed by atoms with van der Waals surface area (Å²) in [6.45, 7) is 0.205. The zero-order valence-corrected chi connectivity index (χ0v) is 13.8. The molecule has 9 heteroatoms. The molecule has 8 nitrogen and oxygen atoms in total. The number of methoxy groups -OCH3 is 1. The van der Waals surface area contributed by atoms with E-state index in [1.807, 2.05) is 0 Å². The van der Waals surface area contributed by atoms with Crippen molar-refractivity contribution in [3.8, 4) is 11.4 Å². The second kappa shape index (κ2) is 6.90. The van der Waals surface area contributed by atoms with Crippen molar-refractivity contribution in [2.45, 2.75) is 0 Å². The van der Waals surface area contributed by atoms with Crippen LogP contribution < -0.4 is 16.0 Å². The summed E-state index contributed by atoms with van der Waals surface area (Å²) in [5, 5.41) is 5.54. The number of hydrazine groups is 2. The number of nitrogens with one attached hydrogen (secondary N) is 2. The van der Waals surface area contributed by atoms with Gasteiger partial charge in [0, 0.05) is 25.1 Å². The molecular weight excluding hydrogens is 339 g/mol. The molecule has 0 amide bonds. The van der Waals surface area contributed by atoms with E-state index in [1.165, 1.54) is 6.07 Å². The van der Waals surface area contributed by atoms with Crippen LogP contribution in [0.3, 0.4) is 0 Å². The Morgan fingerprint density at radius 1 is 1.19 bits per heavy atom. The molecule has 0 saturated heterocycles. The minimum Gasteiger partial charge on any atom is -0.378 e. The number of anilines is 1. The summed E-state index contributed by atoms with van der Waals surface area (Å²) >= 11 is 0. The largest absolute Gasteiger partial charge is 0.378 e. The van der Waals surface area contributed by atoms with Gasteiger partial charge in [0.2, 0.25) is 5.82 Å². The summed E-state index contributed by atoms with van der Waals surface area (Å²) in [4.78, 5) is 8.37. The number of aromatic nitrogens is 3. The average Bonchev–Trinajstić information content (AvgIpc) is 3.30.